The van der Waals surface area contributed by atoms with Gasteiger partial charge in [0, 0.05) is 4.83 Å². The Kier molecular flexibility index (Phi) is 10.4. The minimum atomic E-state index is -2.51. The SMILES string of the molecule is CCCCN(OC[C@H]1O[C@@H](n2cnc3c(OC)nc(N)nc32)[C@](C)(O)[C@@H]1O)[P+]([O-])=N[C@@H](C)C(=O)OCc1ccccc1. The minimum Gasteiger partial charge on any atom is -0.593 e. The van der Waals surface area contributed by atoms with Crippen molar-refractivity contribution in [3.05, 3.63) is 42.2 Å². The fraction of sp³-hybridized carbons (Fsp3) is 0.538. The highest BCUT2D eigenvalue weighted by Gasteiger charge is 2.54. The van der Waals surface area contributed by atoms with Crippen LogP contribution in [0, 0.1) is 0 Å². The highest BCUT2D eigenvalue weighted by molar-refractivity contribution is 7.36. The molecule has 42 heavy (non-hydrogen) atoms. The largest absolute Gasteiger partial charge is 0.593 e. The Morgan fingerprint density at radius 2 is 2.10 bits per heavy atom. The molecular weight excluding hydrogens is 569 g/mol. The summed E-state index contributed by atoms with van der Waals surface area (Å²) in [7, 11) is -1.09. The Morgan fingerprint density at radius 3 is 2.79 bits per heavy atom. The molecule has 228 valence electrons. The van der Waals surface area contributed by atoms with Crippen LogP contribution in [0.2, 0.25) is 0 Å². The van der Waals surface area contributed by atoms with E-state index in [0.29, 0.717) is 11.9 Å². The number of aliphatic hydroxyl groups excluding tert-OH is 1. The van der Waals surface area contributed by atoms with E-state index < -0.39 is 44.1 Å². The van der Waals surface area contributed by atoms with Crippen molar-refractivity contribution in [2.24, 2.45) is 4.74 Å². The number of aliphatic hydroxyl groups is 2. The van der Waals surface area contributed by atoms with Gasteiger partial charge in [-0.15, -0.1) is 0 Å². The first kappa shape index (κ1) is 31.6. The van der Waals surface area contributed by atoms with Gasteiger partial charge in [0.2, 0.25) is 11.8 Å². The number of hydrogen-bond acceptors (Lipinski definition) is 13. The standard InChI is InChI=1S/C26H36N7O8P/c1-5-6-12-33(42(37)31-16(2)23(35)39-13-17-10-8-7-9-11-17)40-14-18-20(34)26(3,36)24(41-18)32-15-28-19-21(32)29-25(27)30-22(19)38-4/h7-11,15-16,18,20,24,34,36H,5-6,12-14H2,1-4H3,(H2,27,29,30)/t16-,18+,20+,24+,26+/m0/s1. The molecule has 3 heterocycles. The highest BCUT2D eigenvalue weighted by Crippen LogP contribution is 2.40. The molecule has 1 fully saturated rings. The van der Waals surface area contributed by atoms with Crippen LogP contribution in [0.3, 0.4) is 0 Å². The molecule has 1 aliphatic heterocycles. The molecule has 0 saturated carbocycles. The second-order valence-corrected chi connectivity index (χ2v) is 11.2. The second kappa shape index (κ2) is 13.8. The number of hydrogen-bond donors (Lipinski definition) is 3. The molecule has 1 unspecified atom stereocenters. The topological polar surface area (TPSA) is 203 Å². The average molecular weight is 606 g/mol. The summed E-state index contributed by atoms with van der Waals surface area (Å²) < 4.78 is 22.0. The lowest BCUT2D eigenvalue weighted by Crippen LogP contribution is -2.44. The van der Waals surface area contributed by atoms with Gasteiger partial charge in [0.25, 0.3) is 8.09 Å². The summed E-state index contributed by atoms with van der Waals surface area (Å²) in [5, 5.41) is 22.2. The number of fused-ring (bicyclic) bond motifs is 1. The Labute approximate surface area is 243 Å². The number of carbonyl (C=O) groups excluding carboxylic acids is 1. The van der Waals surface area contributed by atoms with Crippen molar-refractivity contribution in [3.8, 4) is 5.88 Å². The minimum absolute atomic E-state index is 0.0714. The van der Waals surface area contributed by atoms with Crippen molar-refractivity contribution in [1.82, 2.24) is 24.4 Å². The van der Waals surface area contributed by atoms with E-state index in [-0.39, 0.29) is 37.2 Å². The number of nitrogen functional groups attached to an aromatic ring is 1. The van der Waals surface area contributed by atoms with E-state index in [1.165, 1.54) is 31.9 Å². The summed E-state index contributed by atoms with van der Waals surface area (Å²) in [5.41, 5.74) is 5.35. The normalized spacial score (nSPS) is 23.4. The number of aromatic nitrogens is 4. The molecule has 3 aromatic rings. The lowest BCUT2D eigenvalue weighted by atomic mass is 9.96. The van der Waals surface area contributed by atoms with Crippen LogP contribution < -0.4 is 15.4 Å². The summed E-state index contributed by atoms with van der Waals surface area (Å²) >= 11 is 0. The van der Waals surface area contributed by atoms with Gasteiger partial charge < -0.3 is 35.1 Å². The quantitative estimate of drug-likeness (QED) is 0.144. The number of imidazole rings is 1. The molecule has 16 heteroatoms. The van der Waals surface area contributed by atoms with Crippen LogP contribution in [0.1, 0.15) is 45.4 Å². The molecule has 1 aliphatic rings. The third-order valence-corrected chi connectivity index (χ3v) is 7.97. The highest BCUT2D eigenvalue weighted by atomic mass is 31.1. The summed E-state index contributed by atoms with van der Waals surface area (Å²) in [6, 6.07) is 8.17. The molecule has 15 nitrogen and oxygen atoms in total. The number of benzene rings is 1. The van der Waals surface area contributed by atoms with Crippen molar-refractivity contribution in [2.75, 3.05) is 26.0 Å². The van der Waals surface area contributed by atoms with Crippen LogP contribution in [-0.4, -0.2) is 84.6 Å². The van der Waals surface area contributed by atoms with Gasteiger partial charge in [-0.3, -0.25) is 9.40 Å². The molecule has 4 N–H and O–H groups in total. The number of rotatable bonds is 13. The Morgan fingerprint density at radius 1 is 1.36 bits per heavy atom. The predicted molar refractivity (Wildman–Crippen MR) is 149 cm³/mol. The summed E-state index contributed by atoms with van der Waals surface area (Å²) in [4.78, 5) is 45.0. The molecule has 0 spiro atoms. The zero-order valence-corrected chi connectivity index (χ0v) is 24.8. The first-order valence-electron chi connectivity index (χ1n) is 13.5. The van der Waals surface area contributed by atoms with E-state index in [4.69, 9.17) is 24.8 Å². The van der Waals surface area contributed by atoms with Gasteiger partial charge in [0.05, 0.1) is 20.0 Å². The van der Waals surface area contributed by atoms with E-state index in [2.05, 4.69) is 19.7 Å². The van der Waals surface area contributed by atoms with Crippen molar-refractivity contribution in [2.45, 2.75) is 70.3 Å². The van der Waals surface area contributed by atoms with E-state index in [0.717, 1.165) is 16.8 Å². The van der Waals surface area contributed by atoms with Gasteiger partial charge in [-0.2, -0.15) is 9.97 Å². The van der Waals surface area contributed by atoms with Gasteiger partial charge in [0.1, 0.15) is 31.0 Å². The van der Waals surface area contributed by atoms with Crippen LogP contribution in [0.25, 0.3) is 11.2 Å². The van der Waals surface area contributed by atoms with Crippen molar-refractivity contribution in [1.29, 1.82) is 0 Å². The fourth-order valence-corrected chi connectivity index (χ4v) is 5.34. The molecule has 0 amide bonds. The van der Waals surface area contributed by atoms with Gasteiger partial charge in [0.15, 0.2) is 23.4 Å². The van der Waals surface area contributed by atoms with E-state index in [1.54, 1.807) is 0 Å². The van der Waals surface area contributed by atoms with Crippen molar-refractivity contribution in [3.63, 3.8) is 0 Å². The first-order valence-corrected chi connectivity index (χ1v) is 14.6. The third kappa shape index (κ3) is 7.01. The Bertz CT molecular complexity index is 1390. The van der Waals surface area contributed by atoms with Crippen LogP contribution in [0.15, 0.2) is 41.4 Å². The average Bonchev–Trinajstić information content (AvgIpc) is 3.48. The monoisotopic (exact) mass is 605 g/mol. The number of nitrogens with zero attached hydrogens (tertiary/aromatic N) is 6. The van der Waals surface area contributed by atoms with Gasteiger partial charge in [-0.1, -0.05) is 48.4 Å². The fourth-order valence-electron chi connectivity index (χ4n) is 4.35. The lowest BCUT2D eigenvalue weighted by molar-refractivity contribution is -0.211. The number of hydroxylamine groups is 1. The summed E-state index contributed by atoms with van der Waals surface area (Å²) in [6.45, 7) is 4.90. The van der Waals surface area contributed by atoms with Crippen LogP contribution >= 0.6 is 8.09 Å². The zero-order chi connectivity index (χ0) is 30.4. The Hall–Kier alpha value is -3.30. The van der Waals surface area contributed by atoms with Gasteiger partial charge in [-0.25, -0.2) is 9.78 Å². The Balaban J connectivity index is 1.44. The molecular formula is C26H36N7O8P. The molecule has 0 bridgehead atoms. The molecule has 0 aliphatic carbocycles. The number of unbranched alkanes of at least 4 members (excludes halogenated alkanes) is 1. The van der Waals surface area contributed by atoms with Crippen LogP contribution in [-0.2, 0) is 25.7 Å². The van der Waals surface area contributed by atoms with Gasteiger partial charge >= 0.3 is 5.97 Å². The summed E-state index contributed by atoms with van der Waals surface area (Å²) in [6.07, 6.45) is -0.800. The smallest absolute Gasteiger partial charge is 0.335 e. The maximum atomic E-state index is 13.1. The molecule has 6 atom stereocenters. The third-order valence-electron chi connectivity index (χ3n) is 6.73. The molecule has 4 rings (SSSR count). The first-order chi connectivity index (χ1) is 20.1. The number of nitrogens with two attached hydrogens (primary N) is 1. The van der Waals surface area contributed by atoms with Crippen molar-refractivity contribution >= 4 is 31.2 Å². The van der Waals surface area contributed by atoms with Crippen LogP contribution in [0.5, 0.6) is 5.88 Å². The van der Waals surface area contributed by atoms with Crippen LogP contribution in [0.4, 0.5) is 5.95 Å². The van der Waals surface area contributed by atoms with E-state index in [9.17, 15) is 19.9 Å². The van der Waals surface area contributed by atoms with E-state index >= 15 is 0 Å². The second-order valence-electron chi connectivity index (χ2n) is 9.98. The molecule has 2 aromatic heterocycles. The number of methoxy groups -OCH3 is 1. The van der Waals surface area contributed by atoms with Gasteiger partial charge in [-0.05, 0) is 25.8 Å². The maximum Gasteiger partial charge on any atom is 0.335 e. The number of ether oxygens (including phenoxy) is 3. The lowest BCUT2D eigenvalue weighted by Gasteiger charge is -2.27. The molecule has 1 aromatic carbocycles. The number of anilines is 1. The number of carbonyl (C=O) groups is 1. The maximum absolute atomic E-state index is 13.1. The van der Waals surface area contributed by atoms with E-state index in [1.807, 2.05) is 37.3 Å². The summed E-state index contributed by atoms with van der Waals surface area (Å²) in [5.74, 6) is -0.553. The van der Waals surface area contributed by atoms with Crippen molar-refractivity contribution < 1.29 is 38.9 Å². The molecule has 0 radical (unpaired) electrons. The predicted octanol–water partition coefficient (Wildman–Crippen LogP) is 1.45. The zero-order valence-electron chi connectivity index (χ0n) is 23.9. The number of esters is 1. The molecule has 1 saturated heterocycles.